The first-order chi connectivity index (χ1) is 8.20. The molecular formula is C13H24N2OS. The first kappa shape index (κ1) is 13.2. The molecule has 2 fully saturated rings. The summed E-state index contributed by atoms with van der Waals surface area (Å²) in [6.45, 7) is 0. The van der Waals surface area contributed by atoms with E-state index in [0.29, 0.717) is 6.04 Å². The number of carbonyl (C=O) groups is 1. The van der Waals surface area contributed by atoms with Crippen LogP contribution in [0, 0.1) is 5.92 Å². The van der Waals surface area contributed by atoms with Gasteiger partial charge in [-0.1, -0.05) is 12.8 Å². The van der Waals surface area contributed by atoms with Gasteiger partial charge in [0, 0.05) is 17.3 Å². The fourth-order valence-corrected chi connectivity index (χ4v) is 3.88. The minimum atomic E-state index is 0.0667. The highest BCUT2D eigenvalue weighted by Crippen LogP contribution is 2.29. The van der Waals surface area contributed by atoms with Gasteiger partial charge in [0.2, 0.25) is 5.91 Å². The lowest BCUT2D eigenvalue weighted by Gasteiger charge is -2.28. The average Bonchev–Trinajstić information content (AvgIpc) is 2.77. The Kier molecular flexibility index (Phi) is 4.74. The van der Waals surface area contributed by atoms with Gasteiger partial charge in [-0.05, 0) is 38.4 Å². The van der Waals surface area contributed by atoms with E-state index in [2.05, 4.69) is 11.6 Å². The lowest BCUT2D eigenvalue weighted by atomic mass is 9.84. The van der Waals surface area contributed by atoms with Crippen molar-refractivity contribution < 1.29 is 4.79 Å². The lowest BCUT2D eigenvalue weighted by molar-refractivity contribution is -0.127. The van der Waals surface area contributed by atoms with Gasteiger partial charge in [0.15, 0.2) is 0 Å². The second kappa shape index (κ2) is 6.10. The van der Waals surface area contributed by atoms with E-state index in [1.165, 1.54) is 12.8 Å². The quantitative estimate of drug-likeness (QED) is 0.811. The molecule has 0 aromatic carbocycles. The average molecular weight is 256 g/mol. The molecule has 1 amide bonds. The van der Waals surface area contributed by atoms with Crippen molar-refractivity contribution in [1.82, 2.24) is 5.32 Å². The maximum Gasteiger partial charge on any atom is 0.224 e. The number of rotatable bonds is 3. The molecule has 2 saturated carbocycles. The molecule has 0 heterocycles. The van der Waals surface area contributed by atoms with Crippen molar-refractivity contribution in [2.75, 3.05) is 6.26 Å². The Morgan fingerprint density at radius 2 is 2.00 bits per heavy atom. The molecule has 0 spiro atoms. The third kappa shape index (κ3) is 3.38. The number of thioether (sulfide) groups is 1. The molecule has 0 saturated heterocycles. The normalized spacial score (nSPS) is 38.0. The molecule has 98 valence electrons. The van der Waals surface area contributed by atoms with Crippen LogP contribution in [0.2, 0.25) is 0 Å². The van der Waals surface area contributed by atoms with Gasteiger partial charge in [-0.15, -0.1) is 0 Å². The summed E-state index contributed by atoms with van der Waals surface area (Å²) >= 11 is 1.92. The molecule has 17 heavy (non-hydrogen) atoms. The zero-order valence-electron chi connectivity index (χ0n) is 10.7. The minimum absolute atomic E-state index is 0.0667. The fourth-order valence-electron chi connectivity index (χ4n) is 3.08. The van der Waals surface area contributed by atoms with Crippen LogP contribution in [-0.2, 0) is 4.79 Å². The zero-order chi connectivity index (χ0) is 12.3. The molecule has 0 aromatic heterocycles. The summed E-state index contributed by atoms with van der Waals surface area (Å²) in [6, 6.07) is 0.482. The van der Waals surface area contributed by atoms with E-state index in [1.54, 1.807) is 0 Å². The molecule has 3 nitrogen and oxygen atoms in total. The Hall–Kier alpha value is -0.220. The smallest absolute Gasteiger partial charge is 0.224 e. The monoisotopic (exact) mass is 256 g/mol. The molecule has 4 heteroatoms. The van der Waals surface area contributed by atoms with E-state index < -0.39 is 0 Å². The molecular weight excluding hydrogens is 232 g/mol. The fraction of sp³-hybridized carbons (Fsp3) is 0.923. The summed E-state index contributed by atoms with van der Waals surface area (Å²) in [6.07, 6.45) is 10.00. The SMILES string of the molecule is CSC1CCC(NC(=O)C2CCCCC2N)C1. The molecule has 0 aliphatic heterocycles. The van der Waals surface area contributed by atoms with E-state index in [1.807, 2.05) is 11.8 Å². The van der Waals surface area contributed by atoms with Crippen LogP contribution >= 0.6 is 11.8 Å². The number of nitrogens with one attached hydrogen (secondary N) is 1. The van der Waals surface area contributed by atoms with Crippen LogP contribution in [0.15, 0.2) is 0 Å². The third-order valence-corrected chi connectivity index (χ3v) is 5.32. The molecule has 0 bridgehead atoms. The Labute approximate surface area is 108 Å². The van der Waals surface area contributed by atoms with Gasteiger partial charge in [-0.3, -0.25) is 4.79 Å². The maximum absolute atomic E-state index is 12.2. The second-order valence-electron chi connectivity index (χ2n) is 5.43. The van der Waals surface area contributed by atoms with Gasteiger partial charge in [0.1, 0.15) is 0 Å². The molecule has 2 rings (SSSR count). The van der Waals surface area contributed by atoms with Gasteiger partial charge in [-0.25, -0.2) is 0 Å². The Balaban J connectivity index is 1.80. The number of hydrogen-bond acceptors (Lipinski definition) is 3. The van der Waals surface area contributed by atoms with Crippen molar-refractivity contribution in [3.8, 4) is 0 Å². The lowest BCUT2D eigenvalue weighted by Crippen LogP contribution is -2.46. The number of amides is 1. The van der Waals surface area contributed by atoms with Crippen LogP contribution in [0.4, 0.5) is 0 Å². The van der Waals surface area contributed by atoms with Gasteiger partial charge in [0.05, 0.1) is 5.92 Å². The molecule has 0 aromatic rings. The predicted molar refractivity (Wildman–Crippen MR) is 73.0 cm³/mol. The van der Waals surface area contributed by atoms with Crippen molar-refractivity contribution in [2.24, 2.45) is 11.7 Å². The molecule has 4 unspecified atom stereocenters. The highest BCUT2D eigenvalue weighted by molar-refractivity contribution is 7.99. The van der Waals surface area contributed by atoms with Crippen LogP contribution < -0.4 is 11.1 Å². The van der Waals surface area contributed by atoms with Crippen LogP contribution in [0.3, 0.4) is 0 Å². The third-order valence-electron chi connectivity index (χ3n) is 4.22. The molecule has 0 radical (unpaired) electrons. The minimum Gasteiger partial charge on any atom is -0.353 e. The summed E-state index contributed by atoms with van der Waals surface area (Å²) < 4.78 is 0. The van der Waals surface area contributed by atoms with Crippen molar-refractivity contribution in [3.05, 3.63) is 0 Å². The van der Waals surface area contributed by atoms with Crippen molar-refractivity contribution in [1.29, 1.82) is 0 Å². The molecule has 4 atom stereocenters. The molecule has 2 aliphatic rings. The second-order valence-corrected chi connectivity index (χ2v) is 6.57. The highest BCUT2D eigenvalue weighted by atomic mass is 32.2. The van der Waals surface area contributed by atoms with E-state index in [0.717, 1.165) is 37.4 Å². The van der Waals surface area contributed by atoms with Gasteiger partial charge in [-0.2, -0.15) is 11.8 Å². The van der Waals surface area contributed by atoms with E-state index >= 15 is 0 Å². The van der Waals surface area contributed by atoms with Crippen LogP contribution in [0.25, 0.3) is 0 Å². The largest absolute Gasteiger partial charge is 0.353 e. The van der Waals surface area contributed by atoms with E-state index in [-0.39, 0.29) is 17.9 Å². The summed E-state index contributed by atoms with van der Waals surface area (Å²) in [4.78, 5) is 12.2. The van der Waals surface area contributed by atoms with E-state index in [9.17, 15) is 4.79 Å². The van der Waals surface area contributed by atoms with Crippen LogP contribution in [-0.4, -0.2) is 29.5 Å². The summed E-state index contributed by atoms with van der Waals surface area (Å²) in [7, 11) is 0. The standard InChI is InChI=1S/C13H24N2OS/c1-17-10-7-6-9(8-10)15-13(16)11-4-2-3-5-12(11)14/h9-12H,2-8,14H2,1H3,(H,15,16). The van der Waals surface area contributed by atoms with Crippen molar-refractivity contribution >= 4 is 17.7 Å². The number of carbonyl (C=O) groups excluding carboxylic acids is 1. The molecule has 3 N–H and O–H groups in total. The molecule has 2 aliphatic carbocycles. The van der Waals surface area contributed by atoms with Gasteiger partial charge >= 0.3 is 0 Å². The van der Waals surface area contributed by atoms with Crippen LogP contribution in [0.5, 0.6) is 0 Å². The van der Waals surface area contributed by atoms with E-state index in [4.69, 9.17) is 5.73 Å². The Morgan fingerprint density at radius 1 is 1.24 bits per heavy atom. The summed E-state index contributed by atoms with van der Waals surface area (Å²) in [5.74, 6) is 0.279. The first-order valence-electron chi connectivity index (χ1n) is 6.79. The summed E-state index contributed by atoms with van der Waals surface area (Å²) in [5.41, 5.74) is 6.04. The van der Waals surface area contributed by atoms with Crippen molar-refractivity contribution in [2.45, 2.75) is 62.3 Å². The predicted octanol–water partition coefficient (Wildman–Crippen LogP) is 1.90. The number of nitrogens with two attached hydrogens (primary N) is 1. The Bertz CT molecular complexity index is 272. The Morgan fingerprint density at radius 3 is 2.65 bits per heavy atom. The summed E-state index contributed by atoms with van der Waals surface area (Å²) in [5, 5.41) is 3.95. The number of hydrogen-bond donors (Lipinski definition) is 2. The maximum atomic E-state index is 12.2. The van der Waals surface area contributed by atoms with Gasteiger partial charge < -0.3 is 11.1 Å². The topological polar surface area (TPSA) is 55.1 Å². The van der Waals surface area contributed by atoms with Crippen molar-refractivity contribution in [3.63, 3.8) is 0 Å². The highest BCUT2D eigenvalue weighted by Gasteiger charge is 2.31. The first-order valence-corrected chi connectivity index (χ1v) is 8.08. The van der Waals surface area contributed by atoms with Crippen LogP contribution in [0.1, 0.15) is 44.9 Å². The van der Waals surface area contributed by atoms with Gasteiger partial charge in [0.25, 0.3) is 0 Å². The zero-order valence-corrected chi connectivity index (χ0v) is 11.5.